The predicted octanol–water partition coefficient (Wildman–Crippen LogP) is 1.97. The van der Waals surface area contributed by atoms with Crippen LogP contribution in [0.1, 0.15) is 52.4 Å². The fraction of sp³-hybridized carbons (Fsp3) is 0.846. The molecule has 18 heavy (non-hydrogen) atoms. The molecule has 104 valence electrons. The summed E-state index contributed by atoms with van der Waals surface area (Å²) in [4.78, 5) is 4.22. The van der Waals surface area contributed by atoms with Crippen LogP contribution >= 0.6 is 0 Å². The average Bonchev–Trinajstić information content (AvgIpc) is 2.77. The number of aliphatic hydroxyl groups excluding tert-OH is 1. The van der Waals surface area contributed by atoms with Crippen molar-refractivity contribution in [2.24, 2.45) is 0 Å². The highest BCUT2D eigenvalue weighted by Gasteiger charge is 2.21. The van der Waals surface area contributed by atoms with E-state index in [4.69, 9.17) is 4.74 Å². The van der Waals surface area contributed by atoms with Crippen LogP contribution in [-0.2, 0) is 11.2 Å². The van der Waals surface area contributed by atoms with Crippen LogP contribution in [0.4, 0.5) is 0 Å². The molecule has 0 aliphatic carbocycles. The molecule has 0 aliphatic rings. The van der Waals surface area contributed by atoms with Crippen LogP contribution < -0.4 is 0 Å². The number of aromatic nitrogens is 3. The molecule has 5 heteroatoms. The SMILES string of the molecule is CCCC(OCC)C(O)Cc1ncnn1C(C)C. The molecule has 0 aliphatic heterocycles. The molecule has 0 bridgehead atoms. The van der Waals surface area contributed by atoms with Gasteiger partial charge in [-0.2, -0.15) is 5.10 Å². The maximum absolute atomic E-state index is 10.2. The van der Waals surface area contributed by atoms with Crippen LogP contribution in [-0.4, -0.2) is 38.7 Å². The van der Waals surface area contributed by atoms with Crippen LogP contribution in [0.15, 0.2) is 6.33 Å². The monoisotopic (exact) mass is 255 g/mol. The van der Waals surface area contributed by atoms with Gasteiger partial charge in [-0.15, -0.1) is 0 Å². The third-order valence-electron chi connectivity index (χ3n) is 2.91. The van der Waals surface area contributed by atoms with Gasteiger partial charge in [0.05, 0.1) is 12.2 Å². The van der Waals surface area contributed by atoms with E-state index in [1.807, 2.05) is 11.6 Å². The molecule has 0 amide bonds. The average molecular weight is 255 g/mol. The highest BCUT2D eigenvalue weighted by atomic mass is 16.5. The lowest BCUT2D eigenvalue weighted by Gasteiger charge is -2.22. The van der Waals surface area contributed by atoms with E-state index in [-0.39, 0.29) is 12.1 Å². The summed E-state index contributed by atoms with van der Waals surface area (Å²) in [6.07, 6.45) is 3.26. The number of ether oxygens (including phenoxy) is 1. The first-order valence-electron chi connectivity index (χ1n) is 6.78. The standard InChI is InChI=1S/C13H25N3O2/c1-5-7-12(18-6-2)11(17)8-13-14-9-15-16(13)10(3)4/h9-12,17H,5-8H2,1-4H3. The van der Waals surface area contributed by atoms with Gasteiger partial charge >= 0.3 is 0 Å². The Kier molecular flexibility index (Phi) is 6.29. The van der Waals surface area contributed by atoms with Crippen molar-refractivity contribution in [3.05, 3.63) is 12.2 Å². The first-order chi connectivity index (χ1) is 8.60. The topological polar surface area (TPSA) is 60.2 Å². The van der Waals surface area contributed by atoms with E-state index in [9.17, 15) is 5.11 Å². The van der Waals surface area contributed by atoms with Gasteiger partial charge in [0, 0.05) is 19.1 Å². The molecule has 2 unspecified atom stereocenters. The Labute approximate surface area is 109 Å². The number of aliphatic hydroxyl groups is 1. The van der Waals surface area contributed by atoms with Crippen LogP contribution in [0.3, 0.4) is 0 Å². The molecule has 0 aromatic carbocycles. The molecule has 0 saturated carbocycles. The van der Waals surface area contributed by atoms with Gasteiger partial charge in [-0.1, -0.05) is 13.3 Å². The Morgan fingerprint density at radius 1 is 1.39 bits per heavy atom. The van der Waals surface area contributed by atoms with E-state index in [1.54, 1.807) is 0 Å². The second-order valence-corrected chi connectivity index (χ2v) is 4.77. The second kappa shape index (κ2) is 7.48. The minimum atomic E-state index is -0.522. The van der Waals surface area contributed by atoms with Gasteiger partial charge in [-0.3, -0.25) is 0 Å². The zero-order valence-corrected chi connectivity index (χ0v) is 11.8. The van der Waals surface area contributed by atoms with Crippen LogP contribution in [0, 0.1) is 0 Å². The second-order valence-electron chi connectivity index (χ2n) is 4.77. The van der Waals surface area contributed by atoms with Gasteiger partial charge in [0.15, 0.2) is 0 Å². The minimum absolute atomic E-state index is 0.114. The van der Waals surface area contributed by atoms with Crippen molar-refractivity contribution in [3.63, 3.8) is 0 Å². The molecule has 5 nitrogen and oxygen atoms in total. The summed E-state index contributed by atoms with van der Waals surface area (Å²) in [5.41, 5.74) is 0. The molecule has 1 aromatic heterocycles. The lowest BCUT2D eigenvalue weighted by atomic mass is 10.1. The Hall–Kier alpha value is -0.940. The fourth-order valence-electron chi connectivity index (χ4n) is 2.06. The molecule has 0 saturated heterocycles. The minimum Gasteiger partial charge on any atom is -0.390 e. The highest BCUT2D eigenvalue weighted by Crippen LogP contribution is 2.13. The van der Waals surface area contributed by atoms with E-state index in [2.05, 4.69) is 30.9 Å². The van der Waals surface area contributed by atoms with Gasteiger partial charge in [-0.05, 0) is 27.2 Å². The Balaban J connectivity index is 2.66. The summed E-state index contributed by atoms with van der Waals surface area (Å²) in [5.74, 6) is 0.818. The summed E-state index contributed by atoms with van der Waals surface area (Å²) in [6, 6.07) is 0.256. The van der Waals surface area contributed by atoms with Crippen LogP contribution in [0.2, 0.25) is 0 Å². The first-order valence-corrected chi connectivity index (χ1v) is 6.78. The van der Waals surface area contributed by atoms with Crippen LogP contribution in [0.5, 0.6) is 0 Å². The lowest BCUT2D eigenvalue weighted by molar-refractivity contribution is -0.0375. The Morgan fingerprint density at radius 3 is 2.67 bits per heavy atom. The Bertz CT molecular complexity index is 333. The van der Waals surface area contributed by atoms with Gasteiger partial charge in [0.25, 0.3) is 0 Å². The molecule has 0 radical (unpaired) electrons. The highest BCUT2D eigenvalue weighted by molar-refractivity contribution is 4.91. The summed E-state index contributed by atoms with van der Waals surface area (Å²) in [5, 5.41) is 14.4. The van der Waals surface area contributed by atoms with Crippen molar-refractivity contribution >= 4 is 0 Å². The normalized spacial score (nSPS) is 15.0. The fourth-order valence-corrected chi connectivity index (χ4v) is 2.06. The molecule has 2 atom stereocenters. The summed E-state index contributed by atoms with van der Waals surface area (Å²) in [6.45, 7) is 8.77. The maximum atomic E-state index is 10.2. The van der Waals surface area contributed by atoms with Crippen LogP contribution in [0.25, 0.3) is 0 Å². The number of rotatable bonds is 8. The molecule has 0 fully saturated rings. The van der Waals surface area contributed by atoms with Crippen molar-refractivity contribution < 1.29 is 9.84 Å². The smallest absolute Gasteiger partial charge is 0.138 e. The Morgan fingerprint density at radius 2 is 2.11 bits per heavy atom. The van der Waals surface area contributed by atoms with Gasteiger partial charge in [-0.25, -0.2) is 9.67 Å². The molecule has 1 heterocycles. The van der Waals surface area contributed by atoms with Gasteiger partial charge in [0.2, 0.25) is 0 Å². The van der Waals surface area contributed by atoms with E-state index >= 15 is 0 Å². The summed E-state index contributed by atoms with van der Waals surface area (Å²) in [7, 11) is 0. The zero-order valence-electron chi connectivity index (χ0n) is 11.8. The third-order valence-corrected chi connectivity index (χ3v) is 2.91. The number of hydrogen-bond donors (Lipinski definition) is 1. The third kappa shape index (κ3) is 4.07. The predicted molar refractivity (Wildman–Crippen MR) is 70.4 cm³/mol. The molecule has 1 N–H and O–H groups in total. The zero-order chi connectivity index (χ0) is 13.5. The first kappa shape index (κ1) is 15.1. The van der Waals surface area contributed by atoms with Gasteiger partial charge < -0.3 is 9.84 Å². The lowest BCUT2D eigenvalue weighted by Crippen LogP contribution is -2.32. The van der Waals surface area contributed by atoms with E-state index < -0.39 is 6.10 Å². The van der Waals surface area contributed by atoms with Crippen molar-refractivity contribution in [1.82, 2.24) is 14.8 Å². The largest absolute Gasteiger partial charge is 0.390 e. The number of nitrogens with zero attached hydrogens (tertiary/aromatic N) is 3. The molecule has 0 spiro atoms. The maximum Gasteiger partial charge on any atom is 0.138 e. The van der Waals surface area contributed by atoms with Gasteiger partial charge in [0.1, 0.15) is 12.2 Å². The molecule has 1 rings (SSSR count). The molecular formula is C13H25N3O2. The van der Waals surface area contributed by atoms with Crippen molar-refractivity contribution in [2.75, 3.05) is 6.61 Å². The van der Waals surface area contributed by atoms with Crippen molar-refractivity contribution in [2.45, 2.75) is 65.2 Å². The summed E-state index contributed by atoms with van der Waals surface area (Å²) < 4.78 is 7.43. The summed E-state index contributed by atoms with van der Waals surface area (Å²) >= 11 is 0. The van der Waals surface area contributed by atoms with E-state index in [0.717, 1.165) is 18.7 Å². The molecule has 1 aromatic rings. The van der Waals surface area contributed by atoms with E-state index in [0.29, 0.717) is 13.0 Å². The van der Waals surface area contributed by atoms with Crippen molar-refractivity contribution in [1.29, 1.82) is 0 Å². The van der Waals surface area contributed by atoms with E-state index in [1.165, 1.54) is 6.33 Å². The number of hydrogen-bond acceptors (Lipinski definition) is 4. The quantitative estimate of drug-likeness (QED) is 0.771. The molecular weight excluding hydrogens is 230 g/mol. The van der Waals surface area contributed by atoms with Crippen molar-refractivity contribution in [3.8, 4) is 0 Å².